The molecule has 1 unspecified atom stereocenters. The molecule has 1 fully saturated rings. The van der Waals surface area contributed by atoms with Crippen molar-refractivity contribution in [2.24, 2.45) is 0 Å². The van der Waals surface area contributed by atoms with Crippen molar-refractivity contribution >= 4 is 34.6 Å². The maximum atomic E-state index is 12.5. The summed E-state index contributed by atoms with van der Waals surface area (Å²) in [7, 11) is 0. The number of H-pyrrole nitrogens is 1. The Morgan fingerprint density at radius 2 is 2.24 bits per heavy atom. The highest BCUT2D eigenvalue weighted by atomic mass is 35.5. The van der Waals surface area contributed by atoms with Crippen molar-refractivity contribution in [1.82, 2.24) is 20.2 Å². The van der Waals surface area contributed by atoms with Crippen molar-refractivity contribution in [3.05, 3.63) is 29.0 Å². The van der Waals surface area contributed by atoms with Gasteiger partial charge in [-0.2, -0.15) is 0 Å². The molecular weight excluding hydrogens is 344 g/mol. The van der Waals surface area contributed by atoms with Gasteiger partial charge in [0.25, 0.3) is 0 Å². The number of hydrogen-bond acceptors (Lipinski definition) is 3. The first-order valence-electron chi connectivity index (χ1n) is 8.46. The maximum absolute atomic E-state index is 12.5. The molecular formula is C17H21ClN4O3. The van der Waals surface area contributed by atoms with Crippen LogP contribution in [0.25, 0.3) is 11.0 Å². The number of carbonyl (C=O) groups is 2. The number of urea groups is 1. The van der Waals surface area contributed by atoms with E-state index in [9.17, 15) is 9.59 Å². The summed E-state index contributed by atoms with van der Waals surface area (Å²) in [5.74, 6) is -0.0938. The van der Waals surface area contributed by atoms with Crippen molar-refractivity contribution in [1.29, 1.82) is 0 Å². The van der Waals surface area contributed by atoms with E-state index in [1.165, 1.54) is 0 Å². The first-order valence-corrected chi connectivity index (χ1v) is 8.84. The summed E-state index contributed by atoms with van der Waals surface area (Å²) < 4.78 is 0. The highest BCUT2D eigenvalue weighted by Crippen LogP contribution is 2.31. The van der Waals surface area contributed by atoms with Crippen LogP contribution in [0.4, 0.5) is 4.79 Å². The number of nitrogens with zero attached hydrogens (tertiary/aromatic N) is 2. The van der Waals surface area contributed by atoms with E-state index < -0.39 is 5.97 Å². The number of likely N-dealkylation sites (tertiary alicyclic amines) is 1. The average Bonchev–Trinajstić information content (AvgIpc) is 3.01. The highest BCUT2D eigenvalue weighted by molar-refractivity contribution is 6.31. The standard InChI is InChI=1S/C17H21ClN4O3/c18-11-6-7-12-13(10-11)21-16(20-12)14-4-1-2-9-22(14)17(25)19-8-3-5-15(23)24/h6-7,10,14H,1-5,8-9H2,(H,19,25)(H,20,21)(H,23,24). The Morgan fingerprint density at radius 1 is 1.40 bits per heavy atom. The van der Waals surface area contributed by atoms with Gasteiger partial charge in [-0.1, -0.05) is 11.6 Å². The Labute approximate surface area is 150 Å². The van der Waals surface area contributed by atoms with E-state index in [1.807, 2.05) is 12.1 Å². The number of imidazole rings is 1. The third kappa shape index (κ3) is 4.22. The molecule has 0 bridgehead atoms. The smallest absolute Gasteiger partial charge is 0.318 e. The Hall–Kier alpha value is -2.28. The second-order valence-electron chi connectivity index (χ2n) is 6.22. The number of aromatic amines is 1. The van der Waals surface area contributed by atoms with Crippen LogP contribution in [0.1, 0.15) is 44.0 Å². The van der Waals surface area contributed by atoms with Crippen molar-refractivity contribution in [3.63, 3.8) is 0 Å². The molecule has 2 amide bonds. The molecule has 0 radical (unpaired) electrons. The number of aliphatic carboxylic acids is 1. The molecule has 0 spiro atoms. The fourth-order valence-electron chi connectivity index (χ4n) is 3.15. The van der Waals surface area contributed by atoms with Crippen molar-refractivity contribution in [2.75, 3.05) is 13.1 Å². The molecule has 0 saturated carbocycles. The van der Waals surface area contributed by atoms with Crippen LogP contribution >= 0.6 is 11.6 Å². The molecule has 1 saturated heterocycles. The summed E-state index contributed by atoms with van der Waals surface area (Å²) in [6.07, 6.45) is 3.29. The Bertz CT molecular complexity index is 776. The number of carboxylic acids is 1. The van der Waals surface area contributed by atoms with E-state index in [0.717, 1.165) is 36.1 Å². The van der Waals surface area contributed by atoms with Crippen LogP contribution in [0, 0.1) is 0 Å². The number of hydrogen-bond donors (Lipinski definition) is 3. The minimum Gasteiger partial charge on any atom is -0.481 e. The second kappa shape index (κ2) is 7.74. The van der Waals surface area contributed by atoms with Gasteiger partial charge in [0.2, 0.25) is 0 Å². The summed E-state index contributed by atoms with van der Waals surface area (Å²) in [5, 5.41) is 12.1. The van der Waals surface area contributed by atoms with Gasteiger partial charge in [-0.15, -0.1) is 0 Å². The van der Waals surface area contributed by atoms with E-state index >= 15 is 0 Å². The predicted octanol–water partition coefficient (Wildman–Crippen LogP) is 3.32. The molecule has 1 aliphatic rings. The molecule has 3 rings (SSSR count). The van der Waals surface area contributed by atoms with E-state index in [4.69, 9.17) is 16.7 Å². The number of carboxylic acid groups (broad SMARTS) is 1. The molecule has 1 aliphatic heterocycles. The highest BCUT2D eigenvalue weighted by Gasteiger charge is 2.30. The molecule has 1 aromatic heterocycles. The minimum absolute atomic E-state index is 0.0496. The lowest BCUT2D eigenvalue weighted by molar-refractivity contribution is -0.137. The lowest BCUT2D eigenvalue weighted by Crippen LogP contribution is -2.45. The number of fused-ring (bicyclic) bond motifs is 1. The Kier molecular flexibility index (Phi) is 5.43. The van der Waals surface area contributed by atoms with Gasteiger partial charge in [-0.3, -0.25) is 4.79 Å². The summed E-state index contributed by atoms with van der Waals surface area (Å²) in [4.78, 5) is 32.7. The van der Waals surface area contributed by atoms with Crippen LogP contribution in [0.2, 0.25) is 5.02 Å². The fourth-order valence-corrected chi connectivity index (χ4v) is 3.33. The second-order valence-corrected chi connectivity index (χ2v) is 6.65. The summed E-state index contributed by atoms with van der Waals surface area (Å²) in [5.41, 5.74) is 1.68. The largest absolute Gasteiger partial charge is 0.481 e. The lowest BCUT2D eigenvalue weighted by atomic mass is 10.0. The van der Waals surface area contributed by atoms with E-state index in [-0.39, 0.29) is 18.5 Å². The van der Waals surface area contributed by atoms with Crippen LogP contribution in [0.15, 0.2) is 18.2 Å². The van der Waals surface area contributed by atoms with Crippen LogP contribution in [0.3, 0.4) is 0 Å². The summed E-state index contributed by atoms with van der Waals surface area (Å²) in [6.45, 7) is 1.01. The molecule has 25 heavy (non-hydrogen) atoms. The van der Waals surface area contributed by atoms with Gasteiger partial charge in [-0.25, -0.2) is 9.78 Å². The van der Waals surface area contributed by atoms with E-state index in [1.54, 1.807) is 11.0 Å². The molecule has 1 atom stereocenters. The number of halogens is 1. The zero-order chi connectivity index (χ0) is 17.8. The number of carbonyl (C=O) groups excluding carboxylic acids is 1. The number of nitrogens with one attached hydrogen (secondary N) is 2. The first kappa shape index (κ1) is 17.5. The Morgan fingerprint density at radius 3 is 3.04 bits per heavy atom. The van der Waals surface area contributed by atoms with E-state index in [2.05, 4.69) is 15.3 Å². The van der Waals surface area contributed by atoms with E-state index in [0.29, 0.717) is 24.5 Å². The minimum atomic E-state index is -0.856. The zero-order valence-electron chi connectivity index (χ0n) is 13.8. The summed E-state index contributed by atoms with van der Waals surface area (Å²) >= 11 is 6.02. The molecule has 7 nitrogen and oxygen atoms in total. The predicted molar refractivity (Wildman–Crippen MR) is 94.7 cm³/mol. The van der Waals surface area contributed by atoms with Gasteiger partial charge >= 0.3 is 12.0 Å². The third-order valence-corrected chi connectivity index (χ3v) is 4.62. The van der Waals surface area contributed by atoms with Crippen LogP contribution in [0.5, 0.6) is 0 Å². The number of rotatable bonds is 5. The fraction of sp³-hybridized carbons (Fsp3) is 0.471. The number of aromatic nitrogens is 2. The molecule has 2 heterocycles. The average molecular weight is 365 g/mol. The summed E-state index contributed by atoms with van der Waals surface area (Å²) in [6, 6.07) is 5.19. The van der Waals surface area contributed by atoms with Gasteiger partial charge in [0.15, 0.2) is 0 Å². The first-order chi connectivity index (χ1) is 12.0. The lowest BCUT2D eigenvalue weighted by Gasteiger charge is -2.34. The number of benzene rings is 1. The van der Waals surface area contributed by atoms with Gasteiger partial charge in [0.1, 0.15) is 5.82 Å². The molecule has 134 valence electrons. The van der Waals surface area contributed by atoms with Gasteiger partial charge < -0.3 is 20.3 Å². The monoisotopic (exact) mass is 364 g/mol. The third-order valence-electron chi connectivity index (χ3n) is 4.39. The SMILES string of the molecule is O=C(O)CCCNC(=O)N1CCCCC1c1nc2ccc(Cl)cc2[nH]1. The molecule has 3 N–H and O–H groups in total. The molecule has 0 aliphatic carbocycles. The topological polar surface area (TPSA) is 98.3 Å². The van der Waals surface area contributed by atoms with Crippen molar-refractivity contribution < 1.29 is 14.7 Å². The van der Waals surface area contributed by atoms with Gasteiger partial charge in [-0.05, 0) is 43.9 Å². The Balaban J connectivity index is 1.71. The van der Waals surface area contributed by atoms with Gasteiger partial charge in [0, 0.05) is 24.5 Å². The number of piperidine rings is 1. The quantitative estimate of drug-likeness (QED) is 0.709. The maximum Gasteiger partial charge on any atom is 0.318 e. The van der Waals surface area contributed by atoms with Crippen LogP contribution in [-0.4, -0.2) is 45.1 Å². The van der Waals surface area contributed by atoms with Gasteiger partial charge in [0.05, 0.1) is 17.1 Å². The van der Waals surface area contributed by atoms with Crippen LogP contribution in [-0.2, 0) is 4.79 Å². The zero-order valence-corrected chi connectivity index (χ0v) is 14.6. The molecule has 8 heteroatoms. The molecule has 1 aromatic carbocycles. The van der Waals surface area contributed by atoms with Crippen LogP contribution < -0.4 is 5.32 Å². The van der Waals surface area contributed by atoms with Crippen molar-refractivity contribution in [3.8, 4) is 0 Å². The molecule has 2 aromatic rings. The van der Waals surface area contributed by atoms with Crippen molar-refractivity contribution in [2.45, 2.75) is 38.1 Å². The normalized spacial score (nSPS) is 17.6. The number of amides is 2.